The van der Waals surface area contributed by atoms with E-state index in [1.165, 1.54) is 28.3 Å². The second-order valence-corrected chi connectivity index (χ2v) is 5.62. The van der Waals surface area contributed by atoms with Gasteiger partial charge in [0.05, 0.1) is 0 Å². The molecular formula is C14H22N2S. The number of thioether (sulfide) groups is 1. The Labute approximate surface area is 109 Å². The molecule has 1 aliphatic heterocycles. The van der Waals surface area contributed by atoms with Gasteiger partial charge in [0.15, 0.2) is 0 Å². The van der Waals surface area contributed by atoms with E-state index in [2.05, 4.69) is 42.3 Å². The van der Waals surface area contributed by atoms with Crippen LogP contribution in [0.5, 0.6) is 0 Å². The normalized spacial score (nSPS) is 16.2. The van der Waals surface area contributed by atoms with E-state index in [0.29, 0.717) is 0 Å². The summed E-state index contributed by atoms with van der Waals surface area (Å²) < 4.78 is 0. The van der Waals surface area contributed by atoms with Crippen molar-refractivity contribution < 1.29 is 0 Å². The third-order valence-corrected chi connectivity index (χ3v) is 4.54. The maximum atomic E-state index is 3.41. The van der Waals surface area contributed by atoms with Gasteiger partial charge in [-0.3, -0.25) is 0 Å². The molecule has 0 unspecified atom stereocenters. The summed E-state index contributed by atoms with van der Waals surface area (Å²) in [5.74, 6) is 1.21. The topological polar surface area (TPSA) is 15.3 Å². The van der Waals surface area contributed by atoms with E-state index in [1.54, 1.807) is 0 Å². The van der Waals surface area contributed by atoms with E-state index in [0.717, 1.165) is 26.2 Å². The Hall–Kier alpha value is -0.670. The zero-order valence-corrected chi connectivity index (χ0v) is 11.6. The minimum atomic E-state index is 1.10. The summed E-state index contributed by atoms with van der Waals surface area (Å²) >= 11 is 1.98. The summed E-state index contributed by atoms with van der Waals surface area (Å²) in [6.45, 7) is 8.96. The highest BCUT2D eigenvalue weighted by atomic mass is 32.2. The molecule has 1 fully saturated rings. The molecular weight excluding hydrogens is 228 g/mol. The van der Waals surface area contributed by atoms with Gasteiger partial charge in [0.1, 0.15) is 0 Å². The van der Waals surface area contributed by atoms with Gasteiger partial charge in [0.2, 0.25) is 0 Å². The predicted octanol–water partition coefficient (Wildman–Crippen LogP) is 2.91. The molecule has 2 nitrogen and oxygen atoms in total. The van der Waals surface area contributed by atoms with Gasteiger partial charge in [-0.05, 0) is 36.8 Å². The van der Waals surface area contributed by atoms with Crippen LogP contribution in [0.4, 0.5) is 5.69 Å². The molecule has 0 aliphatic carbocycles. The minimum Gasteiger partial charge on any atom is -0.369 e. The van der Waals surface area contributed by atoms with Crippen LogP contribution in [0.25, 0.3) is 0 Å². The molecule has 1 heterocycles. The van der Waals surface area contributed by atoms with Crippen LogP contribution >= 0.6 is 11.8 Å². The molecule has 3 heteroatoms. The van der Waals surface area contributed by atoms with Crippen molar-refractivity contribution in [2.45, 2.75) is 25.2 Å². The number of hydrogen-bond donors (Lipinski definition) is 1. The van der Waals surface area contributed by atoms with Crippen molar-refractivity contribution in [1.29, 1.82) is 0 Å². The fourth-order valence-corrected chi connectivity index (χ4v) is 3.14. The fourth-order valence-electron chi connectivity index (χ4n) is 2.22. The zero-order valence-electron chi connectivity index (χ0n) is 10.8. The van der Waals surface area contributed by atoms with E-state index in [4.69, 9.17) is 0 Å². The molecule has 0 aromatic heterocycles. The van der Waals surface area contributed by atoms with Gasteiger partial charge in [0, 0.05) is 36.8 Å². The van der Waals surface area contributed by atoms with Crippen LogP contribution in [-0.2, 0) is 0 Å². The van der Waals surface area contributed by atoms with E-state index in [9.17, 15) is 0 Å². The molecule has 0 amide bonds. The third kappa shape index (κ3) is 3.17. The van der Waals surface area contributed by atoms with Crippen molar-refractivity contribution in [3.05, 3.63) is 23.8 Å². The summed E-state index contributed by atoms with van der Waals surface area (Å²) in [5, 5.41) is 3.41. The number of anilines is 1. The summed E-state index contributed by atoms with van der Waals surface area (Å²) in [6, 6.07) is 6.71. The number of hydrogen-bond acceptors (Lipinski definition) is 3. The first-order chi connectivity index (χ1) is 8.33. The molecule has 0 saturated carbocycles. The van der Waals surface area contributed by atoms with Crippen molar-refractivity contribution in [3.63, 3.8) is 0 Å². The van der Waals surface area contributed by atoms with Gasteiger partial charge in [0.25, 0.3) is 0 Å². The summed E-state index contributed by atoms with van der Waals surface area (Å²) in [7, 11) is 0. The first-order valence-corrected chi connectivity index (χ1v) is 7.49. The number of rotatable bonds is 4. The number of nitrogens with zero attached hydrogens (tertiary/aromatic N) is 1. The first kappa shape index (κ1) is 12.8. The molecule has 1 N–H and O–H groups in total. The molecule has 1 aliphatic rings. The molecule has 1 aromatic carbocycles. The van der Waals surface area contributed by atoms with Crippen molar-refractivity contribution >= 4 is 17.4 Å². The molecule has 1 aromatic rings. The number of benzene rings is 1. The number of piperazine rings is 1. The van der Waals surface area contributed by atoms with Crippen LogP contribution in [0.3, 0.4) is 0 Å². The molecule has 0 bridgehead atoms. The highest BCUT2D eigenvalue weighted by molar-refractivity contribution is 7.99. The van der Waals surface area contributed by atoms with Crippen LogP contribution in [0.1, 0.15) is 18.9 Å². The van der Waals surface area contributed by atoms with E-state index >= 15 is 0 Å². The average molecular weight is 250 g/mol. The smallest absolute Gasteiger partial charge is 0.0408 e. The van der Waals surface area contributed by atoms with Crippen LogP contribution < -0.4 is 10.2 Å². The Bertz CT molecular complexity index is 359. The van der Waals surface area contributed by atoms with Crippen molar-refractivity contribution in [2.24, 2.45) is 0 Å². The SMILES string of the molecule is CCCSc1cccc(N2CCNCC2)c1C. The summed E-state index contributed by atoms with van der Waals surface area (Å²) in [6.07, 6.45) is 1.24. The second-order valence-electron chi connectivity index (χ2n) is 4.49. The largest absolute Gasteiger partial charge is 0.369 e. The molecule has 1 saturated heterocycles. The van der Waals surface area contributed by atoms with Gasteiger partial charge in [-0.2, -0.15) is 0 Å². The summed E-state index contributed by atoms with van der Waals surface area (Å²) in [4.78, 5) is 3.95. The lowest BCUT2D eigenvalue weighted by Crippen LogP contribution is -2.43. The maximum Gasteiger partial charge on any atom is 0.0408 e. The van der Waals surface area contributed by atoms with Crippen molar-refractivity contribution in [1.82, 2.24) is 5.32 Å². The van der Waals surface area contributed by atoms with Crippen LogP contribution in [-0.4, -0.2) is 31.9 Å². The lowest BCUT2D eigenvalue weighted by atomic mass is 10.1. The van der Waals surface area contributed by atoms with Crippen molar-refractivity contribution in [2.75, 3.05) is 36.8 Å². The fraction of sp³-hybridized carbons (Fsp3) is 0.571. The predicted molar refractivity (Wildman–Crippen MR) is 77.3 cm³/mol. The quantitative estimate of drug-likeness (QED) is 0.827. The number of nitrogens with one attached hydrogen (secondary N) is 1. The lowest BCUT2D eigenvalue weighted by molar-refractivity contribution is 0.588. The van der Waals surface area contributed by atoms with E-state index in [-0.39, 0.29) is 0 Å². The van der Waals surface area contributed by atoms with Crippen LogP contribution in [0.2, 0.25) is 0 Å². The average Bonchev–Trinajstić information content (AvgIpc) is 2.39. The monoisotopic (exact) mass is 250 g/mol. The molecule has 17 heavy (non-hydrogen) atoms. The van der Waals surface area contributed by atoms with Crippen LogP contribution in [0, 0.1) is 6.92 Å². The Morgan fingerprint density at radius 1 is 1.29 bits per heavy atom. The molecule has 0 radical (unpaired) electrons. The van der Waals surface area contributed by atoms with Gasteiger partial charge in [-0.1, -0.05) is 13.0 Å². The Kier molecular flexibility index (Phi) is 4.75. The molecule has 0 atom stereocenters. The maximum absolute atomic E-state index is 3.41. The lowest BCUT2D eigenvalue weighted by Gasteiger charge is -2.31. The Balaban J connectivity index is 2.15. The van der Waals surface area contributed by atoms with Gasteiger partial charge >= 0.3 is 0 Å². The van der Waals surface area contributed by atoms with Gasteiger partial charge in [-0.15, -0.1) is 11.8 Å². The second kappa shape index (κ2) is 6.31. The van der Waals surface area contributed by atoms with E-state index in [1.807, 2.05) is 11.8 Å². The van der Waals surface area contributed by atoms with E-state index < -0.39 is 0 Å². The van der Waals surface area contributed by atoms with Gasteiger partial charge in [-0.25, -0.2) is 0 Å². The summed E-state index contributed by atoms with van der Waals surface area (Å²) in [5.41, 5.74) is 2.88. The molecule has 0 spiro atoms. The first-order valence-electron chi connectivity index (χ1n) is 6.51. The Morgan fingerprint density at radius 2 is 2.06 bits per heavy atom. The van der Waals surface area contributed by atoms with Crippen LogP contribution in [0.15, 0.2) is 23.1 Å². The highest BCUT2D eigenvalue weighted by Crippen LogP contribution is 2.30. The van der Waals surface area contributed by atoms with Gasteiger partial charge < -0.3 is 10.2 Å². The Morgan fingerprint density at radius 3 is 2.76 bits per heavy atom. The molecule has 2 rings (SSSR count). The standard InChI is InChI=1S/C14H22N2S/c1-3-11-17-14-6-4-5-13(12(14)2)16-9-7-15-8-10-16/h4-6,15H,3,7-11H2,1-2H3. The van der Waals surface area contributed by atoms with Crippen molar-refractivity contribution in [3.8, 4) is 0 Å². The third-order valence-electron chi connectivity index (χ3n) is 3.17. The highest BCUT2D eigenvalue weighted by Gasteiger charge is 2.13. The molecule has 94 valence electrons. The minimum absolute atomic E-state index is 1.10. The zero-order chi connectivity index (χ0) is 12.1.